The number of carbonyl (C=O) groups is 1. The van der Waals surface area contributed by atoms with Gasteiger partial charge in [0.25, 0.3) is 0 Å². The van der Waals surface area contributed by atoms with Gasteiger partial charge in [-0.15, -0.1) is 0 Å². The number of ketones is 1. The molecule has 0 radical (unpaired) electrons. The molecule has 4 rings (SSSR count). The number of aromatic hydroxyl groups is 1. The third kappa shape index (κ3) is 1.82. The highest BCUT2D eigenvalue weighted by Gasteiger charge is 2.34. The average molecular weight is 317 g/mol. The molecule has 1 heterocycles. The molecule has 0 aliphatic heterocycles. The number of hydrogen-bond donors (Lipinski definition) is 2. The summed E-state index contributed by atoms with van der Waals surface area (Å²) in [5.74, 6) is 0.0117. The minimum Gasteiger partial charge on any atom is -0.504 e. The van der Waals surface area contributed by atoms with E-state index in [1.807, 2.05) is 0 Å². The summed E-state index contributed by atoms with van der Waals surface area (Å²) in [6.45, 7) is 0. The number of aromatic amines is 1. The summed E-state index contributed by atoms with van der Waals surface area (Å²) in [6, 6.07) is 11.9. The lowest BCUT2D eigenvalue weighted by Gasteiger charge is -2.06. The van der Waals surface area contributed by atoms with Crippen molar-refractivity contribution in [1.29, 1.82) is 5.26 Å². The number of phenols is 1. The second-order valence-electron chi connectivity index (χ2n) is 5.41. The Hall–Kier alpha value is -3.59. The van der Waals surface area contributed by atoms with Gasteiger partial charge in [0.15, 0.2) is 17.3 Å². The zero-order valence-corrected chi connectivity index (χ0v) is 12.6. The minimum atomic E-state index is -0.203. The number of aromatic nitrogens is 2. The Bertz CT molecular complexity index is 1030. The highest BCUT2D eigenvalue weighted by molar-refractivity contribution is 6.24. The van der Waals surface area contributed by atoms with Crippen LogP contribution in [0.15, 0.2) is 36.4 Å². The molecule has 0 saturated carbocycles. The monoisotopic (exact) mass is 317 g/mol. The van der Waals surface area contributed by atoms with E-state index in [1.54, 1.807) is 30.3 Å². The van der Waals surface area contributed by atoms with Crippen molar-refractivity contribution >= 4 is 5.78 Å². The number of benzene rings is 2. The molecule has 2 N–H and O–H groups in total. The van der Waals surface area contributed by atoms with E-state index in [2.05, 4.69) is 16.3 Å². The minimum absolute atomic E-state index is 0.0809. The zero-order valence-electron chi connectivity index (χ0n) is 12.6. The lowest BCUT2D eigenvalue weighted by molar-refractivity contribution is 0.104. The number of nitrogens with zero attached hydrogens (tertiary/aromatic N) is 2. The Kier molecular flexibility index (Phi) is 2.90. The van der Waals surface area contributed by atoms with Gasteiger partial charge in [-0.25, -0.2) is 0 Å². The Balaban J connectivity index is 1.89. The fraction of sp³-hybridized carbons (Fsp3) is 0.0556. The topological polar surface area (TPSA) is 99.0 Å². The molecule has 2 aromatic carbocycles. The number of ether oxygens (including phenoxy) is 1. The number of methoxy groups -OCH3 is 1. The van der Waals surface area contributed by atoms with Crippen molar-refractivity contribution in [3.63, 3.8) is 0 Å². The van der Waals surface area contributed by atoms with Crippen LogP contribution < -0.4 is 4.74 Å². The van der Waals surface area contributed by atoms with Gasteiger partial charge < -0.3 is 9.84 Å². The summed E-state index contributed by atoms with van der Waals surface area (Å²) in [6.07, 6.45) is 0. The predicted molar refractivity (Wildman–Crippen MR) is 85.8 cm³/mol. The van der Waals surface area contributed by atoms with E-state index in [0.717, 1.165) is 5.56 Å². The lowest BCUT2D eigenvalue weighted by Crippen LogP contribution is -1.98. The Morgan fingerprint density at radius 1 is 1.21 bits per heavy atom. The van der Waals surface area contributed by atoms with Crippen molar-refractivity contribution in [2.75, 3.05) is 7.11 Å². The maximum atomic E-state index is 12.8. The number of phenolic OH excluding ortho intramolecular Hbond substituents is 1. The van der Waals surface area contributed by atoms with E-state index in [4.69, 9.17) is 10.00 Å². The molecule has 1 aliphatic rings. The van der Waals surface area contributed by atoms with E-state index in [9.17, 15) is 9.90 Å². The molecule has 0 amide bonds. The highest BCUT2D eigenvalue weighted by Crippen LogP contribution is 2.44. The molecule has 3 aromatic rings. The molecule has 6 heteroatoms. The third-order valence-corrected chi connectivity index (χ3v) is 4.11. The summed E-state index contributed by atoms with van der Waals surface area (Å²) in [4.78, 5) is 12.8. The van der Waals surface area contributed by atoms with Crippen molar-refractivity contribution in [2.45, 2.75) is 0 Å². The van der Waals surface area contributed by atoms with Crippen LogP contribution in [0.3, 0.4) is 0 Å². The lowest BCUT2D eigenvalue weighted by atomic mass is 10.0. The van der Waals surface area contributed by atoms with Crippen molar-refractivity contribution in [1.82, 2.24) is 10.2 Å². The SMILES string of the molecule is COc1cc2c(cc1O)C(=O)c1c(-c3ccc(C#N)cc3)n[nH]c1-2. The van der Waals surface area contributed by atoms with Crippen LogP contribution in [0, 0.1) is 11.3 Å². The van der Waals surface area contributed by atoms with Gasteiger partial charge in [0.2, 0.25) is 0 Å². The molecule has 0 atom stereocenters. The van der Waals surface area contributed by atoms with Crippen LogP contribution in [0.2, 0.25) is 0 Å². The summed E-state index contributed by atoms with van der Waals surface area (Å²) in [7, 11) is 1.45. The van der Waals surface area contributed by atoms with Gasteiger partial charge in [-0.05, 0) is 24.3 Å². The Labute approximate surface area is 136 Å². The largest absolute Gasteiger partial charge is 0.504 e. The van der Waals surface area contributed by atoms with Gasteiger partial charge >= 0.3 is 0 Å². The summed E-state index contributed by atoms with van der Waals surface area (Å²) >= 11 is 0. The summed E-state index contributed by atoms with van der Waals surface area (Å²) < 4.78 is 5.11. The van der Waals surface area contributed by atoms with Gasteiger partial charge in [0, 0.05) is 16.7 Å². The van der Waals surface area contributed by atoms with Crippen LogP contribution in [-0.2, 0) is 0 Å². The first-order valence-corrected chi connectivity index (χ1v) is 7.19. The number of fused-ring (bicyclic) bond motifs is 3. The number of hydrogen-bond acceptors (Lipinski definition) is 5. The molecule has 0 fully saturated rings. The van der Waals surface area contributed by atoms with Crippen LogP contribution in [0.4, 0.5) is 0 Å². The quantitative estimate of drug-likeness (QED) is 0.592. The standard InChI is InChI=1S/C18H11N3O3/c1-24-14-7-11-12(6-13(14)22)18(23)15-16(20-21-17(11)15)10-4-2-9(8-19)3-5-10/h2-7,22H,1H3,(H,20,21). The molecule has 0 bridgehead atoms. The van der Waals surface area contributed by atoms with Crippen molar-refractivity contribution in [3.05, 3.63) is 53.1 Å². The zero-order chi connectivity index (χ0) is 16.8. The van der Waals surface area contributed by atoms with E-state index >= 15 is 0 Å². The van der Waals surface area contributed by atoms with Crippen molar-refractivity contribution in [3.8, 4) is 40.1 Å². The van der Waals surface area contributed by atoms with Crippen LogP contribution in [-0.4, -0.2) is 28.2 Å². The third-order valence-electron chi connectivity index (χ3n) is 4.11. The molecule has 116 valence electrons. The van der Waals surface area contributed by atoms with Gasteiger partial charge in [-0.1, -0.05) is 12.1 Å². The maximum Gasteiger partial charge on any atom is 0.198 e. The second-order valence-corrected chi connectivity index (χ2v) is 5.41. The summed E-state index contributed by atoms with van der Waals surface area (Å²) in [5.41, 5.74) is 3.92. The van der Waals surface area contributed by atoms with Gasteiger partial charge in [0.1, 0.15) is 5.69 Å². The number of H-pyrrole nitrogens is 1. The normalized spacial score (nSPS) is 11.8. The molecular weight excluding hydrogens is 306 g/mol. The van der Waals surface area contributed by atoms with Gasteiger partial charge in [-0.2, -0.15) is 10.4 Å². The number of nitrogens with one attached hydrogen (secondary N) is 1. The van der Waals surface area contributed by atoms with Crippen LogP contribution in [0.1, 0.15) is 21.5 Å². The number of carbonyl (C=O) groups excluding carboxylic acids is 1. The van der Waals surface area contributed by atoms with Crippen molar-refractivity contribution in [2.24, 2.45) is 0 Å². The van der Waals surface area contributed by atoms with E-state index in [1.165, 1.54) is 13.2 Å². The molecule has 1 aliphatic carbocycles. The summed E-state index contributed by atoms with van der Waals surface area (Å²) in [5, 5.41) is 26.0. The van der Waals surface area contributed by atoms with E-state index < -0.39 is 0 Å². The number of nitriles is 1. The second kappa shape index (κ2) is 4.96. The first-order valence-electron chi connectivity index (χ1n) is 7.19. The smallest absolute Gasteiger partial charge is 0.198 e. The predicted octanol–water partition coefficient (Wildman–Crippen LogP) is 2.87. The average Bonchev–Trinajstić information content (AvgIpc) is 3.15. The highest BCUT2D eigenvalue weighted by atomic mass is 16.5. The first-order chi connectivity index (χ1) is 11.6. The molecule has 0 spiro atoms. The molecule has 6 nitrogen and oxygen atoms in total. The number of rotatable bonds is 2. The van der Waals surface area contributed by atoms with Gasteiger partial charge in [-0.3, -0.25) is 9.89 Å². The molecule has 0 unspecified atom stereocenters. The van der Waals surface area contributed by atoms with Crippen LogP contribution in [0.25, 0.3) is 22.5 Å². The molecule has 24 heavy (non-hydrogen) atoms. The van der Waals surface area contributed by atoms with Gasteiger partial charge in [0.05, 0.1) is 30.0 Å². The van der Waals surface area contributed by atoms with E-state index in [-0.39, 0.29) is 11.5 Å². The Morgan fingerprint density at radius 3 is 2.62 bits per heavy atom. The first kappa shape index (κ1) is 14.0. The van der Waals surface area contributed by atoms with E-state index in [0.29, 0.717) is 39.4 Å². The fourth-order valence-corrected chi connectivity index (χ4v) is 2.93. The Morgan fingerprint density at radius 2 is 1.96 bits per heavy atom. The van der Waals surface area contributed by atoms with Crippen LogP contribution in [0.5, 0.6) is 11.5 Å². The van der Waals surface area contributed by atoms with Crippen LogP contribution >= 0.6 is 0 Å². The molecule has 0 saturated heterocycles. The van der Waals surface area contributed by atoms with Crippen molar-refractivity contribution < 1.29 is 14.6 Å². The molecule has 1 aromatic heterocycles. The molecular formula is C18H11N3O3. The maximum absolute atomic E-state index is 12.8. The fourth-order valence-electron chi connectivity index (χ4n) is 2.93.